The Morgan fingerprint density at radius 3 is 2.55 bits per heavy atom. The molecule has 2 amide bonds. The van der Waals surface area contributed by atoms with Crippen molar-refractivity contribution < 1.29 is 19.2 Å². The number of imide groups is 1. The van der Waals surface area contributed by atoms with E-state index in [-0.39, 0.29) is 41.3 Å². The van der Waals surface area contributed by atoms with E-state index in [2.05, 4.69) is 4.98 Å². The van der Waals surface area contributed by atoms with E-state index in [1.54, 1.807) is 61.4 Å². The number of ether oxygens (including phenoxy) is 1. The number of hydrogen-bond donors (Lipinski definition) is 0. The maximum atomic E-state index is 13.7. The smallest absolute Gasteiger partial charge is 0.311 e. The standard InChI is InChI=1S/C31H24N6O5/c1-3-42-28-12-11-22(15-27(28)37(40)41)29-23(19-36(34-29)24-9-5-4-6-10-24)14-25-20(2)26(16-32)31(39)35(30(25)38)18-21-8-7-13-33-17-21/h4-15,17,19H,3,18H2,1-2H3/b25-14+. The quantitative estimate of drug-likeness (QED) is 0.126. The van der Waals surface area contributed by atoms with E-state index in [9.17, 15) is 25.0 Å². The average Bonchev–Trinajstić information content (AvgIpc) is 3.43. The highest BCUT2D eigenvalue weighted by molar-refractivity contribution is 6.19. The molecule has 0 fully saturated rings. The van der Waals surface area contributed by atoms with Gasteiger partial charge in [-0.15, -0.1) is 0 Å². The van der Waals surface area contributed by atoms with Crippen LogP contribution in [0.5, 0.6) is 5.75 Å². The molecule has 11 heteroatoms. The summed E-state index contributed by atoms with van der Waals surface area (Å²) in [5, 5.41) is 26.4. The third kappa shape index (κ3) is 5.29. The van der Waals surface area contributed by atoms with E-state index in [1.807, 2.05) is 36.4 Å². The Morgan fingerprint density at radius 1 is 1.10 bits per heavy atom. The molecule has 0 spiro atoms. The zero-order valence-corrected chi connectivity index (χ0v) is 22.7. The molecule has 0 saturated heterocycles. The maximum Gasteiger partial charge on any atom is 0.311 e. The fraction of sp³-hybridized carbons (Fsp3) is 0.129. The molecule has 42 heavy (non-hydrogen) atoms. The minimum absolute atomic E-state index is 0.0669. The summed E-state index contributed by atoms with van der Waals surface area (Å²) in [6, 6.07) is 19.1. The van der Waals surface area contributed by atoms with E-state index < -0.39 is 16.7 Å². The van der Waals surface area contributed by atoms with Crippen molar-refractivity contribution in [3.05, 3.63) is 117 Å². The lowest BCUT2D eigenvalue weighted by atomic mass is 9.93. The predicted molar refractivity (Wildman–Crippen MR) is 153 cm³/mol. The number of hydrogen-bond acceptors (Lipinski definition) is 8. The number of rotatable bonds is 8. The number of nitro benzene ring substituents is 1. The topological polar surface area (TPSA) is 144 Å². The Kier molecular flexibility index (Phi) is 7.70. The fourth-order valence-corrected chi connectivity index (χ4v) is 4.62. The zero-order valence-electron chi connectivity index (χ0n) is 22.7. The van der Waals surface area contributed by atoms with E-state index in [4.69, 9.17) is 9.84 Å². The minimum atomic E-state index is -0.691. The van der Waals surface area contributed by atoms with Crippen LogP contribution >= 0.6 is 0 Å². The first-order chi connectivity index (χ1) is 20.3. The minimum Gasteiger partial charge on any atom is -0.487 e. The van der Waals surface area contributed by atoms with Gasteiger partial charge >= 0.3 is 5.69 Å². The lowest BCUT2D eigenvalue weighted by Gasteiger charge is -2.27. The number of aromatic nitrogens is 3. The predicted octanol–water partition coefficient (Wildman–Crippen LogP) is 5.03. The van der Waals surface area contributed by atoms with Gasteiger partial charge in [0.15, 0.2) is 5.75 Å². The molecule has 0 saturated carbocycles. The molecule has 0 N–H and O–H groups in total. The van der Waals surface area contributed by atoms with Crippen LogP contribution in [0.1, 0.15) is 25.0 Å². The molecule has 1 aliphatic heterocycles. The number of carbonyl (C=O) groups excluding carboxylic acids is 2. The van der Waals surface area contributed by atoms with Crippen LogP contribution in [0.3, 0.4) is 0 Å². The van der Waals surface area contributed by atoms with Crippen molar-refractivity contribution in [1.29, 1.82) is 5.26 Å². The zero-order chi connectivity index (χ0) is 29.8. The first-order valence-corrected chi connectivity index (χ1v) is 13.0. The second-order valence-electron chi connectivity index (χ2n) is 9.31. The van der Waals surface area contributed by atoms with Crippen molar-refractivity contribution >= 4 is 23.6 Å². The lowest BCUT2D eigenvalue weighted by molar-refractivity contribution is -0.385. The number of amides is 2. The van der Waals surface area contributed by atoms with Crippen LogP contribution in [-0.4, -0.2) is 43.0 Å². The Bertz CT molecular complexity index is 1800. The van der Waals surface area contributed by atoms with Gasteiger partial charge in [0.25, 0.3) is 11.8 Å². The van der Waals surface area contributed by atoms with Crippen LogP contribution in [0.2, 0.25) is 0 Å². The van der Waals surface area contributed by atoms with Crippen molar-refractivity contribution in [1.82, 2.24) is 19.7 Å². The normalized spacial score (nSPS) is 14.3. The molecule has 2 aromatic carbocycles. The summed E-state index contributed by atoms with van der Waals surface area (Å²) < 4.78 is 7.03. The Labute approximate surface area is 240 Å². The van der Waals surface area contributed by atoms with Gasteiger partial charge < -0.3 is 4.74 Å². The van der Waals surface area contributed by atoms with Gasteiger partial charge in [0.2, 0.25) is 0 Å². The van der Waals surface area contributed by atoms with E-state index in [0.717, 1.165) is 10.6 Å². The maximum absolute atomic E-state index is 13.7. The lowest BCUT2D eigenvalue weighted by Crippen LogP contribution is -2.42. The molecule has 0 atom stereocenters. The van der Waals surface area contributed by atoms with Crippen LogP contribution in [0, 0.1) is 21.4 Å². The fourth-order valence-electron chi connectivity index (χ4n) is 4.62. The number of nitriles is 1. The Balaban J connectivity index is 1.68. The third-order valence-corrected chi connectivity index (χ3v) is 6.68. The van der Waals surface area contributed by atoms with Crippen molar-refractivity contribution in [3.63, 3.8) is 0 Å². The van der Waals surface area contributed by atoms with Crippen LogP contribution < -0.4 is 4.74 Å². The highest BCUT2D eigenvalue weighted by Crippen LogP contribution is 2.36. The van der Waals surface area contributed by atoms with Crippen LogP contribution in [0.15, 0.2) is 96.0 Å². The monoisotopic (exact) mass is 560 g/mol. The molecule has 3 heterocycles. The van der Waals surface area contributed by atoms with Crippen molar-refractivity contribution in [2.45, 2.75) is 20.4 Å². The van der Waals surface area contributed by atoms with Crippen LogP contribution in [0.4, 0.5) is 5.69 Å². The summed E-state index contributed by atoms with van der Waals surface area (Å²) in [5.41, 5.74) is 2.54. The van der Waals surface area contributed by atoms with Crippen molar-refractivity contribution in [2.75, 3.05) is 6.61 Å². The third-order valence-electron chi connectivity index (χ3n) is 6.68. The molecule has 11 nitrogen and oxygen atoms in total. The molecule has 0 aliphatic carbocycles. The molecule has 4 aromatic rings. The highest BCUT2D eigenvalue weighted by Gasteiger charge is 2.36. The van der Waals surface area contributed by atoms with Gasteiger partial charge in [-0.05, 0) is 61.4 Å². The SMILES string of the molecule is CCOc1ccc(-c2nn(-c3ccccc3)cc2/C=C2/C(=O)N(Cc3cccnc3)C(=O)C(C#N)=C2C)cc1[N+](=O)[O-]. The molecular formula is C31H24N6O5. The van der Waals surface area contributed by atoms with Gasteiger partial charge in [0.1, 0.15) is 17.3 Å². The van der Waals surface area contributed by atoms with Gasteiger partial charge in [-0.3, -0.25) is 29.6 Å². The second kappa shape index (κ2) is 11.7. The number of para-hydroxylation sites is 1. The summed E-state index contributed by atoms with van der Waals surface area (Å²) in [6.07, 6.45) is 6.37. The summed E-state index contributed by atoms with van der Waals surface area (Å²) in [5.74, 6) is -1.15. The van der Waals surface area contributed by atoms with Gasteiger partial charge in [0, 0.05) is 41.4 Å². The summed E-state index contributed by atoms with van der Waals surface area (Å²) >= 11 is 0. The number of nitro groups is 1. The van der Waals surface area contributed by atoms with E-state index in [0.29, 0.717) is 22.4 Å². The number of benzene rings is 2. The van der Waals surface area contributed by atoms with E-state index in [1.165, 1.54) is 12.1 Å². The highest BCUT2D eigenvalue weighted by atomic mass is 16.6. The Morgan fingerprint density at radius 2 is 1.88 bits per heavy atom. The van der Waals surface area contributed by atoms with Crippen LogP contribution in [-0.2, 0) is 16.1 Å². The average molecular weight is 561 g/mol. The number of nitrogens with zero attached hydrogens (tertiary/aromatic N) is 6. The molecule has 0 radical (unpaired) electrons. The molecule has 0 unspecified atom stereocenters. The molecule has 2 aromatic heterocycles. The summed E-state index contributed by atoms with van der Waals surface area (Å²) in [6.45, 7) is 3.47. The van der Waals surface area contributed by atoms with Gasteiger partial charge in [-0.1, -0.05) is 24.3 Å². The van der Waals surface area contributed by atoms with E-state index >= 15 is 0 Å². The first kappa shape index (κ1) is 27.7. The van der Waals surface area contributed by atoms with Crippen molar-refractivity contribution in [3.8, 4) is 28.8 Å². The first-order valence-electron chi connectivity index (χ1n) is 13.0. The molecule has 208 valence electrons. The molecule has 1 aliphatic rings. The summed E-state index contributed by atoms with van der Waals surface area (Å²) in [4.78, 5) is 43.2. The Hall–Kier alpha value is -5.89. The van der Waals surface area contributed by atoms with Gasteiger partial charge in [0.05, 0.1) is 23.8 Å². The van der Waals surface area contributed by atoms with Gasteiger partial charge in [-0.25, -0.2) is 4.68 Å². The molecule has 5 rings (SSSR count). The number of carbonyl (C=O) groups is 2. The molecule has 0 bridgehead atoms. The van der Waals surface area contributed by atoms with Crippen LogP contribution in [0.25, 0.3) is 23.0 Å². The second-order valence-corrected chi connectivity index (χ2v) is 9.31. The largest absolute Gasteiger partial charge is 0.487 e. The summed E-state index contributed by atoms with van der Waals surface area (Å²) in [7, 11) is 0. The van der Waals surface area contributed by atoms with Crippen molar-refractivity contribution in [2.24, 2.45) is 0 Å². The molecular weight excluding hydrogens is 536 g/mol. The van der Waals surface area contributed by atoms with Gasteiger partial charge in [-0.2, -0.15) is 10.4 Å². The number of pyridine rings is 1.